The molecule has 1 aromatic rings. The summed E-state index contributed by atoms with van der Waals surface area (Å²) >= 11 is 0. The van der Waals surface area contributed by atoms with Gasteiger partial charge in [0, 0.05) is 13.1 Å². The summed E-state index contributed by atoms with van der Waals surface area (Å²) in [6, 6.07) is 2.36. The van der Waals surface area contributed by atoms with Crippen LogP contribution in [0.25, 0.3) is 0 Å². The molecular weight excluding hydrogens is 326 g/mol. The maximum absolute atomic E-state index is 13.7. The van der Waals surface area contributed by atoms with E-state index in [9.17, 15) is 27.5 Å². The van der Waals surface area contributed by atoms with Crippen molar-refractivity contribution in [1.29, 1.82) is 0 Å². The highest BCUT2D eigenvalue weighted by Crippen LogP contribution is 2.51. The van der Waals surface area contributed by atoms with Crippen LogP contribution in [0.5, 0.6) is 0 Å². The SMILES string of the molecule is C[C@H]1CN(C(=O)C2(c3cc(F)cc(C(F)(F)F)c3)CC2)CC[C@H]1O. The minimum atomic E-state index is -4.65. The van der Waals surface area contributed by atoms with Gasteiger partial charge in [-0.15, -0.1) is 0 Å². The second-order valence-corrected chi connectivity index (χ2v) is 6.89. The molecule has 2 fully saturated rings. The molecule has 2 aliphatic rings. The van der Waals surface area contributed by atoms with Gasteiger partial charge in [0.15, 0.2) is 0 Å². The fourth-order valence-corrected chi connectivity index (χ4v) is 3.40. The molecule has 1 saturated heterocycles. The summed E-state index contributed by atoms with van der Waals surface area (Å²) in [4.78, 5) is 14.4. The van der Waals surface area contributed by atoms with Gasteiger partial charge >= 0.3 is 6.18 Å². The Morgan fingerprint density at radius 3 is 2.50 bits per heavy atom. The quantitative estimate of drug-likeness (QED) is 0.837. The number of halogens is 4. The van der Waals surface area contributed by atoms with E-state index in [0.717, 1.165) is 12.1 Å². The van der Waals surface area contributed by atoms with Gasteiger partial charge in [-0.3, -0.25) is 4.79 Å². The highest BCUT2D eigenvalue weighted by Gasteiger charge is 2.54. The number of benzene rings is 1. The van der Waals surface area contributed by atoms with Gasteiger partial charge in [0.2, 0.25) is 5.91 Å². The first-order chi connectivity index (χ1) is 11.1. The Labute approximate surface area is 137 Å². The number of piperidine rings is 1. The molecule has 1 amide bonds. The zero-order valence-corrected chi connectivity index (χ0v) is 13.2. The van der Waals surface area contributed by atoms with E-state index in [1.807, 2.05) is 6.92 Å². The minimum Gasteiger partial charge on any atom is -0.393 e. The molecule has 1 aliphatic carbocycles. The zero-order chi connectivity index (χ0) is 17.7. The number of hydrogen-bond acceptors (Lipinski definition) is 2. The first-order valence-corrected chi connectivity index (χ1v) is 7.99. The third-order valence-electron chi connectivity index (χ3n) is 5.08. The highest BCUT2D eigenvalue weighted by molar-refractivity contribution is 5.91. The maximum Gasteiger partial charge on any atom is 0.416 e. The van der Waals surface area contributed by atoms with Gasteiger partial charge in [0.25, 0.3) is 0 Å². The van der Waals surface area contributed by atoms with Crippen LogP contribution in [-0.4, -0.2) is 35.1 Å². The summed E-state index contributed by atoms with van der Waals surface area (Å²) in [5.41, 5.74) is -2.03. The normalized spacial score (nSPS) is 26.3. The van der Waals surface area contributed by atoms with Gasteiger partial charge in [-0.2, -0.15) is 13.2 Å². The lowest BCUT2D eigenvalue weighted by Crippen LogP contribution is -2.48. The molecule has 0 unspecified atom stereocenters. The maximum atomic E-state index is 13.7. The molecule has 24 heavy (non-hydrogen) atoms. The molecular formula is C17H19F4NO2. The van der Waals surface area contributed by atoms with Crippen molar-refractivity contribution in [1.82, 2.24) is 4.90 Å². The van der Waals surface area contributed by atoms with E-state index < -0.39 is 29.1 Å². The van der Waals surface area contributed by atoms with Gasteiger partial charge < -0.3 is 10.0 Å². The molecule has 1 saturated carbocycles. The number of likely N-dealkylation sites (tertiary alicyclic amines) is 1. The van der Waals surface area contributed by atoms with Gasteiger partial charge in [-0.25, -0.2) is 4.39 Å². The second kappa shape index (κ2) is 5.72. The lowest BCUT2D eigenvalue weighted by molar-refractivity contribution is -0.139. The van der Waals surface area contributed by atoms with E-state index in [1.54, 1.807) is 4.90 Å². The highest BCUT2D eigenvalue weighted by atomic mass is 19.4. The molecule has 0 bridgehead atoms. The van der Waals surface area contributed by atoms with Crippen LogP contribution in [0.2, 0.25) is 0 Å². The summed E-state index contributed by atoms with van der Waals surface area (Å²) in [5, 5.41) is 9.76. The van der Waals surface area contributed by atoms with Crippen LogP contribution >= 0.6 is 0 Å². The Morgan fingerprint density at radius 2 is 1.96 bits per heavy atom. The Bertz CT molecular complexity index is 654. The van der Waals surface area contributed by atoms with E-state index >= 15 is 0 Å². The number of carbonyl (C=O) groups is 1. The number of nitrogens with zero attached hydrogens (tertiary/aromatic N) is 1. The number of amides is 1. The van der Waals surface area contributed by atoms with Gasteiger partial charge in [0.05, 0.1) is 17.1 Å². The first-order valence-electron chi connectivity index (χ1n) is 7.99. The van der Waals surface area contributed by atoms with Crippen molar-refractivity contribution < 1.29 is 27.5 Å². The summed E-state index contributed by atoms with van der Waals surface area (Å²) in [6.07, 6.45) is -3.85. The number of aliphatic hydroxyl groups excluding tert-OH is 1. The van der Waals surface area contributed by atoms with Crippen molar-refractivity contribution in [2.75, 3.05) is 13.1 Å². The smallest absolute Gasteiger partial charge is 0.393 e. The minimum absolute atomic E-state index is 0.0863. The molecule has 7 heteroatoms. The number of hydrogen-bond donors (Lipinski definition) is 1. The molecule has 1 aromatic carbocycles. The third kappa shape index (κ3) is 3.01. The van der Waals surface area contributed by atoms with Crippen LogP contribution in [0.1, 0.15) is 37.3 Å². The van der Waals surface area contributed by atoms with Crippen molar-refractivity contribution in [2.45, 2.75) is 43.9 Å². The zero-order valence-electron chi connectivity index (χ0n) is 13.2. The van der Waals surface area contributed by atoms with Crippen molar-refractivity contribution in [3.63, 3.8) is 0 Å². The number of aliphatic hydroxyl groups is 1. The molecule has 0 aromatic heterocycles. The largest absolute Gasteiger partial charge is 0.416 e. The molecule has 1 N–H and O–H groups in total. The van der Waals surface area contributed by atoms with Crippen LogP contribution in [0, 0.1) is 11.7 Å². The van der Waals surface area contributed by atoms with Crippen LogP contribution in [0.4, 0.5) is 17.6 Å². The van der Waals surface area contributed by atoms with E-state index in [0.29, 0.717) is 38.4 Å². The van der Waals surface area contributed by atoms with Crippen molar-refractivity contribution in [2.24, 2.45) is 5.92 Å². The Hall–Kier alpha value is -1.63. The molecule has 1 heterocycles. The van der Waals surface area contributed by atoms with Crippen LogP contribution in [0.15, 0.2) is 18.2 Å². The topological polar surface area (TPSA) is 40.5 Å². The van der Waals surface area contributed by atoms with Gasteiger partial charge in [-0.1, -0.05) is 6.92 Å². The third-order valence-corrected chi connectivity index (χ3v) is 5.08. The lowest BCUT2D eigenvalue weighted by Gasteiger charge is -2.36. The van der Waals surface area contributed by atoms with Crippen molar-refractivity contribution in [3.8, 4) is 0 Å². The van der Waals surface area contributed by atoms with Crippen molar-refractivity contribution >= 4 is 5.91 Å². The molecule has 3 nitrogen and oxygen atoms in total. The van der Waals surface area contributed by atoms with E-state index in [1.165, 1.54) is 0 Å². The average molecular weight is 345 g/mol. The predicted molar refractivity (Wildman–Crippen MR) is 78.7 cm³/mol. The van der Waals surface area contributed by atoms with E-state index in [4.69, 9.17) is 0 Å². The number of carbonyl (C=O) groups excluding carboxylic acids is 1. The molecule has 0 spiro atoms. The second-order valence-electron chi connectivity index (χ2n) is 6.89. The number of rotatable bonds is 2. The molecule has 0 radical (unpaired) electrons. The van der Waals surface area contributed by atoms with Crippen LogP contribution in [-0.2, 0) is 16.4 Å². The summed E-state index contributed by atoms with van der Waals surface area (Å²) in [5.74, 6) is -1.34. The van der Waals surface area contributed by atoms with Gasteiger partial charge in [0.1, 0.15) is 5.82 Å². The summed E-state index contributed by atoms with van der Waals surface area (Å²) in [7, 11) is 0. The molecule has 3 rings (SSSR count). The van der Waals surface area contributed by atoms with E-state index in [-0.39, 0.29) is 17.4 Å². The van der Waals surface area contributed by atoms with E-state index in [2.05, 4.69) is 0 Å². The van der Waals surface area contributed by atoms with Crippen molar-refractivity contribution in [3.05, 3.63) is 35.1 Å². The van der Waals surface area contributed by atoms with Gasteiger partial charge in [-0.05, 0) is 48.9 Å². The molecule has 1 aliphatic heterocycles. The first kappa shape index (κ1) is 17.2. The summed E-state index contributed by atoms with van der Waals surface area (Å²) < 4.78 is 52.4. The van der Waals surface area contributed by atoms with Crippen LogP contribution < -0.4 is 0 Å². The lowest BCUT2D eigenvalue weighted by atomic mass is 9.90. The standard InChI is InChI=1S/C17H19F4NO2/c1-10-9-22(5-2-14(10)23)15(24)16(3-4-16)11-6-12(17(19,20)21)8-13(18)7-11/h6-8,10,14,23H,2-5,9H2,1H3/t10-,14+/m0/s1. The Balaban J connectivity index is 1.89. The molecule has 132 valence electrons. The van der Waals surface area contributed by atoms with Crippen LogP contribution in [0.3, 0.4) is 0 Å². The summed E-state index contributed by atoms with van der Waals surface area (Å²) in [6.45, 7) is 2.56. The fourth-order valence-electron chi connectivity index (χ4n) is 3.40. The fraction of sp³-hybridized carbons (Fsp3) is 0.588. The average Bonchev–Trinajstić information content (AvgIpc) is 3.29. The monoisotopic (exact) mass is 345 g/mol. The Kier molecular flexibility index (Phi) is 4.10. The predicted octanol–water partition coefficient (Wildman–Crippen LogP) is 3.11. The number of alkyl halides is 3. The Morgan fingerprint density at radius 1 is 1.29 bits per heavy atom. The molecule has 2 atom stereocenters.